The standard InChI is InChI=1S/CH5N3/c2-4-1-3-4/h3H,1-2H2. The first-order valence-electron chi connectivity index (χ1n) is 1.15. The van der Waals surface area contributed by atoms with E-state index in [9.17, 15) is 0 Å². The van der Waals surface area contributed by atoms with Crippen LogP contribution in [0.4, 0.5) is 0 Å². The van der Waals surface area contributed by atoms with Crippen LogP contribution in [0, 0.1) is 0 Å². The molecule has 3 N–H and O–H groups in total. The number of nitrogens with two attached hydrogens (primary N) is 1. The van der Waals surface area contributed by atoms with Gasteiger partial charge < -0.3 is 0 Å². The third kappa shape index (κ3) is 0.176. The van der Waals surface area contributed by atoms with Crippen molar-refractivity contribution in [1.82, 2.24) is 10.5 Å². The van der Waals surface area contributed by atoms with Gasteiger partial charge in [0, 0.05) is 0 Å². The molecule has 3 nitrogen and oxygen atoms in total. The number of hydrazine groups is 2. The zero-order valence-corrected chi connectivity index (χ0v) is 2.23. The number of nitrogens with zero attached hydrogens (tertiary/aromatic N) is 1. The lowest BCUT2D eigenvalue weighted by molar-refractivity contribution is 0.548. The minimum atomic E-state index is 0.847. The van der Waals surface area contributed by atoms with Gasteiger partial charge in [0.15, 0.2) is 0 Å². The van der Waals surface area contributed by atoms with Gasteiger partial charge in [-0.1, -0.05) is 0 Å². The van der Waals surface area contributed by atoms with Crippen LogP contribution in [0.1, 0.15) is 0 Å². The second-order valence-electron chi connectivity index (χ2n) is 0.786. The largest absolute Gasteiger partial charge is 0.254 e. The van der Waals surface area contributed by atoms with Gasteiger partial charge in [-0.3, -0.25) is 5.84 Å². The molecule has 0 aromatic rings. The molecule has 1 fully saturated rings. The predicted octanol–water partition coefficient (Wildman–Crippen LogP) is -1.36. The highest BCUT2D eigenvalue weighted by atomic mass is 15.8. The molecule has 1 aliphatic rings. The Morgan fingerprint density at radius 1 is 2.00 bits per heavy atom. The molecular formula is CH5N3. The number of rotatable bonds is 0. The van der Waals surface area contributed by atoms with Gasteiger partial charge in [0.1, 0.15) is 0 Å². The molecule has 1 rings (SSSR count). The van der Waals surface area contributed by atoms with Gasteiger partial charge in [0.25, 0.3) is 0 Å². The van der Waals surface area contributed by atoms with Gasteiger partial charge in [0.05, 0.1) is 6.67 Å². The minimum Gasteiger partial charge on any atom is -0.254 e. The molecule has 0 saturated carbocycles. The monoisotopic (exact) mass is 59.0 g/mol. The first-order valence-corrected chi connectivity index (χ1v) is 1.15. The Hall–Kier alpha value is -0.120. The van der Waals surface area contributed by atoms with Crippen LogP contribution in [0.15, 0.2) is 0 Å². The minimum absolute atomic E-state index is 0.847. The van der Waals surface area contributed by atoms with Crippen LogP contribution in [-0.4, -0.2) is 11.8 Å². The predicted molar refractivity (Wildman–Crippen MR) is 14.0 cm³/mol. The lowest BCUT2D eigenvalue weighted by Crippen LogP contribution is -2.07. The number of nitrogens with one attached hydrogen (secondary N) is 1. The summed E-state index contributed by atoms with van der Waals surface area (Å²) in [5.74, 6) is 4.94. The van der Waals surface area contributed by atoms with Crippen LogP contribution in [0.3, 0.4) is 0 Å². The van der Waals surface area contributed by atoms with Gasteiger partial charge in [-0.05, 0) is 0 Å². The van der Waals surface area contributed by atoms with E-state index in [1.165, 1.54) is 5.12 Å². The molecule has 1 saturated heterocycles. The fraction of sp³-hybridized carbons (Fsp3) is 1.00. The highest BCUT2D eigenvalue weighted by Gasteiger charge is 2.06. The average Bonchev–Trinajstić information content (AvgIpc) is 1.75. The molecule has 1 atom stereocenters. The SMILES string of the molecule is NN1CN1. The van der Waals surface area contributed by atoms with E-state index < -0.39 is 0 Å². The van der Waals surface area contributed by atoms with Crippen molar-refractivity contribution in [2.24, 2.45) is 5.84 Å². The first-order chi connectivity index (χ1) is 1.89. The molecule has 0 bridgehead atoms. The third-order valence-electron chi connectivity index (χ3n) is 0.341. The third-order valence-corrected chi connectivity index (χ3v) is 0.341. The molecule has 0 aliphatic carbocycles. The van der Waals surface area contributed by atoms with Crippen molar-refractivity contribution in [3.63, 3.8) is 0 Å². The summed E-state index contributed by atoms with van der Waals surface area (Å²) in [6, 6.07) is 0. The quantitative estimate of drug-likeness (QED) is 0.267. The Balaban J connectivity index is 2.17. The van der Waals surface area contributed by atoms with Crippen molar-refractivity contribution < 1.29 is 0 Å². The maximum absolute atomic E-state index is 4.94. The van der Waals surface area contributed by atoms with E-state index in [0.29, 0.717) is 0 Å². The lowest BCUT2D eigenvalue weighted by Gasteiger charge is -1.66. The van der Waals surface area contributed by atoms with Crippen molar-refractivity contribution in [2.45, 2.75) is 0 Å². The maximum Gasteiger partial charge on any atom is 0.0921 e. The van der Waals surface area contributed by atoms with Crippen LogP contribution in [0.25, 0.3) is 0 Å². The fourth-order valence-electron chi connectivity index (χ4n) is 0.0408. The molecule has 0 radical (unpaired) electrons. The first kappa shape index (κ1) is 2.14. The van der Waals surface area contributed by atoms with Crippen molar-refractivity contribution in [2.75, 3.05) is 6.67 Å². The van der Waals surface area contributed by atoms with Gasteiger partial charge in [0.2, 0.25) is 0 Å². The summed E-state index contributed by atoms with van der Waals surface area (Å²) in [4.78, 5) is 0. The van der Waals surface area contributed by atoms with E-state index in [2.05, 4.69) is 5.43 Å². The summed E-state index contributed by atoms with van der Waals surface area (Å²) in [5, 5.41) is 1.50. The average molecular weight is 59.1 g/mol. The normalized spacial score (nSPS) is 39.8. The second-order valence-corrected chi connectivity index (χ2v) is 0.786. The van der Waals surface area contributed by atoms with Crippen LogP contribution in [0.2, 0.25) is 0 Å². The summed E-state index contributed by atoms with van der Waals surface area (Å²) in [7, 11) is 0. The van der Waals surface area contributed by atoms with Crippen molar-refractivity contribution >= 4 is 0 Å². The van der Waals surface area contributed by atoms with Crippen molar-refractivity contribution in [3.8, 4) is 0 Å². The van der Waals surface area contributed by atoms with Gasteiger partial charge in [-0.15, -0.1) is 0 Å². The van der Waals surface area contributed by atoms with Crippen LogP contribution < -0.4 is 11.3 Å². The van der Waals surface area contributed by atoms with Gasteiger partial charge >= 0.3 is 0 Å². The van der Waals surface area contributed by atoms with Crippen molar-refractivity contribution in [3.05, 3.63) is 0 Å². The Bertz CT molecular complexity index is 22.5. The highest BCUT2D eigenvalue weighted by Crippen LogP contribution is 1.74. The van der Waals surface area contributed by atoms with E-state index >= 15 is 0 Å². The van der Waals surface area contributed by atoms with E-state index in [1.807, 2.05) is 0 Å². The molecular weight excluding hydrogens is 54.0 g/mol. The molecule has 4 heavy (non-hydrogen) atoms. The van der Waals surface area contributed by atoms with Crippen molar-refractivity contribution in [1.29, 1.82) is 0 Å². The molecule has 1 heterocycles. The summed E-state index contributed by atoms with van der Waals surface area (Å²) in [5.41, 5.74) is 2.71. The second kappa shape index (κ2) is 0.427. The highest BCUT2D eigenvalue weighted by molar-refractivity contribution is 4.43. The molecule has 1 unspecified atom stereocenters. The van der Waals surface area contributed by atoms with Gasteiger partial charge in [-0.25, -0.2) is 5.43 Å². The summed E-state index contributed by atoms with van der Waals surface area (Å²) in [6.07, 6.45) is 0. The van der Waals surface area contributed by atoms with Crippen LogP contribution in [0.5, 0.6) is 0 Å². The zero-order chi connectivity index (χ0) is 2.99. The molecule has 0 aromatic carbocycles. The van der Waals surface area contributed by atoms with E-state index in [1.54, 1.807) is 0 Å². The number of hydrogen-bond acceptors (Lipinski definition) is 3. The lowest BCUT2D eigenvalue weighted by atomic mass is 11.4. The summed E-state index contributed by atoms with van der Waals surface area (Å²) >= 11 is 0. The number of hydrogen-bond donors (Lipinski definition) is 2. The van der Waals surface area contributed by atoms with E-state index in [-0.39, 0.29) is 0 Å². The maximum atomic E-state index is 4.94. The summed E-state index contributed by atoms with van der Waals surface area (Å²) < 4.78 is 0. The smallest absolute Gasteiger partial charge is 0.0921 e. The van der Waals surface area contributed by atoms with Gasteiger partial charge in [-0.2, -0.15) is 5.12 Å². The van der Waals surface area contributed by atoms with E-state index in [4.69, 9.17) is 5.84 Å². The fourth-order valence-corrected chi connectivity index (χ4v) is 0.0408. The molecule has 24 valence electrons. The Morgan fingerprint density at radius 2 is 2.25 bits per heavy atom. The van der Waals surface area contributed by atoms with Crippen LogP contribution >= 0.6 is 0 Å². The molecule has 0 amide bonds. The molecule has 0 aromatic heterocycles. The van der Waals surface area contributed by atoms with E-state index in [0.717, 1.165) is 6.67 Å². The zero-order valence-electron chi connectivity index (χ0n) is 2.23. The summed E-state index contributed by atoms with van der Waals surface area (Å²) in [6.45, 7) is 0.847. The van der Waals surface area contributed by atoms with Crippen LogP contribution in [-0.2, 0) is 0 Å². The Morgan fingerprint density at radius 3 is 2.25 bits per heavy atom. The Kier molecular flexibility index (Phi) is 0.228. The molecule has 1 aliphatic heterocycles. The topological polar surface area (TPSA) is 51.0 Å². The molecule has 0 spiro atoms. The molecule has 3 heteroatoms. The Labute approximate surface area is 24.3 Å².